The van der Waals surface area contributed by atoms with Crippen molar-refractivity contribution in [2.45, 2.75) is 20.0 Å². The number of hydrogen-bond acceptors (Lipinski definition) is 4. The van der Waals surface area contributed by atoms with E-state index in [1.54, 1.807) is 5.38 Å². The van der Waals surface area contributed by atoms with Crippen LogP contribution in [0.2, 0.25) is 0 Å². The van der Waals surface area contributed by atoms with Gasteiger partial charge in [0.05, 0.1) is 0 Å². The van der Waals surface area contributed by atoms with Gasteiger partial charge in [0.1, 0.15) is 0 Å². The Labute approximate surface area is 174 Å². The molecule has 0 N–H and O–H groups in total. The molecule has 0 saturated heterocycles. The fourth-order valence-corrected chi connectivity index (χ4v) is 3.81. The summed E-state index contributed by atoms with van der Waals surface area (Å²) in [6.07, 6.45) is 0. The van der Waals surface area contributed by atoms with E-state index in [0.29, 0.717) is 18.8 Å². The lowest BCUT2D eigenvalue weighted by molar-refractivity contribution is 0.0724. The monoisotopic (exact) mass is 399 g/mol. The standard InChI is InChI=1S/C24H21N3OS/c1-18-9-5-6-12-20(18)15-27(24(28)23-17-29-26-25-23)16-21-13-7-8-14-22(21)19-10-3-2-4-11-19/h2-14,17H,15-16H2,1H3. The molecule has 0 aliphatic carbocycles. The lowest BCUT2D eigenvalue weighted by Gasteiger charge is -2.24. The average molecular weight is 400 g/mol. The summed E-state index contributed by atoms with van der Waals surface area (Å²) in [6.45, 7) is 3.09. The number of benzene rings is 3. The summed E-state index contributed by atoms with van der Waals surface area (Å²) < 4.78 is 3.87. The first-order chi connectivity index (χ1) is 14.2. The first-order valence-corrected chi connectivity index (χ1v) is 10.3. The molecule has 144 valence electrons. The number of carbonyl (C=O) groups is 1. The zero-order valence-electron chi connectivity index (χ0n) is 16.2. The van der Waals surface area contributed by atoms with Gasteiger partial charge >= 0.3 is 0 Å². The number of carbonyl (C=O) groups excluding carboxylic acids is 1. The second-order valence-corrected chi connectivity index (χ2v) is 7.51. The summed E-state index contributed by atoms with van der Waals surface area (Å²) in [5.74, 6) is -0.107. The molecule has 5 heteroatoms. The molecule has 1 amide bonds. The molecular weight excluding hydrogens is 378 g/mol. The second-order valence-electron chi connectivity index (χ2n) is 6.90. The topological polar surface area (TPSA) is 46.1 Å². The minimum atomic E-state index is -0.107. The van der Waals surface area contributed by atoms with Crippen molar-refractivity contribution in [1.82, 2.24) is 14.5 Å². The molecule has 0 atom stereocenters. The minimum Gasteiger partial charge on any atom is -0.329 e. The fourth-order valence-electron chi connectivity index (χ4n) is 3.38. The van der Waals surface area contributed by atoms with E-state index < -0.39 is 0 Å². The molecule has 0 saturated carbocycles. The van der Waals surface area contributed by atoms with Gasteiger partial charge in [-0.05, 0) is 46.3 Å². The highest BCUT2D eigenvalue weighted by Gasteiger charge is 2.21. The van der Waals surface area contributed by atoms with Crippen molar-refractivity contribution in [2.75, 3.05) is 0 Å². The summed E-state index contributed by atoms with van der Waals surface area (Å²) in [4.78, 5) is 15.1. The Hall–Kier alpha value is -3.31. The molecule has 0 unspecified atom stereocenters. The van der Waals surface area contributed by atoms with Gasteiger partial charge in [-0.15, -0.1) is 5.10 Å². The van der Waals surface area contributed by atoms with Crippen molar-refractivity contribution in [3.8, 4) is 11.1 Å². The zero-order valence-corrected chi connectivity index (χ0v) is 17.0. The molecule has 0 aliphatic heterocycles. The van der Waals surface area contributed by atoms with Crippen LogP contribution in [0.4, 0.5) is 0 Å². The van der Waals surface area contributed by atoms with Crippen LogP contribution < -0.4 is 0 Å². The molecule has 4 aromatic rings. The van der Waals surface area contributed by atoms with Crippen LogP contribution in [0, 0.1) is 6.92 Å². The fraction of sp³-hybridized carbons (Fsp3) is 0.125. The van der Waals surface area contributed by atoms with Crippen LogP contribution in [0.15, 0.2) is 84.2 Å². The molecule has 4 nitrogen and oxygen atoms in total. The lowest BCUT2D eigenvalue weighted by atomic mass is 9.99. The Morgan fingerprint density at radius 1 is 0.862 bits per heavy atom. The SMILES string of the molecule is Cc1ccccc1CN(Cc1ccccc1-c1ccccc1)C(=O)c1csnn1. The molecule has 0 spiro atoms. The maximum Gasteiger partial charge on any atom is 0.275 e. The van der Waals surface area contributed by atoms with E-state index in [4.69, 9.17) is 0 Å². The third kappa shape index (κ3) is 4.41. The molecule has 0 radical (unpaired) electrons. The van der Waals surface area contributed by atoms with Gasteiger partial charge in [0.15, 0.2) is 5.69 Å². The highest BCUT2D eigenvalue weighted by atomic mass is 32.1. The van der Waals surface area contributed by atoms with Crippen molar-refractivity contribution in [2.24, 2.45) is 0 Å². The van der Waals surface area contributed by atoms with Crippen LogP contribution in [0.1, 0.15) is 27.2 Å². The van der Waals surface area contributed by atoms with Crippen LogP contribution in [-0.2, 0) is 13.1 Å². The second kappa shape index (κ2) is 8.80. The Morgan fingerprint density at radius 2 is 1.52 bits per heavy atom. The number of hydrogen-bond donors (Lipinski definition) is 0. The maximum atomic E-state index is 13.2. The van der Waals surface area contributed by atoms with E-state index in [1.807, 2.05) is 47.4 Å². The minimum absolute atomic E-state index is 0.107. The molecular formula is C24H21N3OS. The van der Waals surface area contributed by atoms with Gasteiger partial charge in [-0.25, -0.2) is 0 Å². The summed E-state index contributed by atoms with van der Waals surface area (Å²) in [5.41, 5.74) is 6.05. The van der Waals surface area contributed by atoms with Crippen LogP contribution in [0.5, 0.6) is 0 Å². The van der Waals surface area contributed by atoms with E-state index in [9.17, 15) is 4.79 Å². The highest BCUT2D eigenvalue weighted by Crippen LogP contribution is 2.26. The van der Waals surface area contributed by atoms with Gasteiger partial charge in [0.25, 0.3) is 5.91 Å². The quantitative estimate of drug-likeness (QED) is 0.439. The van der Waals surface area contributed by atoms with Gasteiger partial charge in [-0.3, -0.25) is 4.79 Å². The van der Waals surface area contributed by atoms with Crippen molar-refractivity contribution in [3.63, 3.8) is 0 Å². The molecule has 29 heavy (non-hydrogen) atoms. The van der Waals surface area contributed by atoms with Crippen LogP contribution >= 0.6 is 11.5 Å². The van der Waals surface area contributed by atoms with Gasteiger partial charge in [-0.1, -0.05) is 83.4 Å². The van der Waals surface area contributed by atoms with Crippen molar-refractivity contribution >= 4 is 17.4 Å². The van der Waals surface area contributed by atoms with Gasteiger partial charge in [0, 0.05) is 18.5 Å². The Kier molecular flexibility index (Phi) is 5.77. The number of aromatic nitrogens is 2. The van der Waals surface area contributed by atoms with Gasteiger partial charge in [0.2, 0.25) is 0 Å². The predicted octanol–water partition coefficient (Wildman–Crippen LogP) is 5.36. The largest absolute Gasteiger partial charge is 0.329 e. The molecule has 1 heterocycles. The number of nitrogens with zero attached hydrogens (tertiary/aromatic N) is 3. The number of rotatable bonds is 6. The van der Waals surface area contributed by atoms with Crippen molar-refractivity contribution in [3.05, 3.63) is 107 Å². The smallest absolute Gasteiger partial charge is 0.275 e. The number of amides is 1. The van der Waals surface area contributed by atoms with Crippen LogP contribution in [0.25, 0.3) is 11.1 Å². The van der Waals surface area contributed by atoms with Crippen LogP contribution in [-0.4, -0.2) is 20.4 Å². The predicted molar refractivity (Wildman–Crippen MR) is 117 cm³/mol. The third-order valence-electron chi connectivity index (χ3n) is 4.95. The third-order valence-corrected chi connectivity index (χ3v) is 5.46. The van der Waals surface area contributed by atoms with Gasteiger partial charge in [-0.2, -0.15) is 0 Å². The summed E-state index contributed by atoms with van der Waals surface area (Å²) in [5, 5.41) is 5.71. The molecule has 0 aliphatic rings. The zero-order chi connectivity index (χ0) is 20.1. The van der Waals surface area contributed by atoms with Crippen LogP contribution in [0.3, 0.4) is 0 Å². The molecule has 4 rings (SSSR count). The Bertz CT molecular complexity index is 1090. The van der Waals surface area contributed by atoms with E-state index >= 15 is 0 Å². The molecule has 3 aromatic carbocycles. The number of aryl methyl sites for hydroxylation is 1. The molecule has 0 bridgehead atoms. The van der Waals surface area contributed by atoms with E-state index in [1.165, 1.54) is 11.5 Å². The van der Waals surface area contributed by atoms with Gasteiger partial charge < -0.3 is 4.90 Å². The Balaban J connectivity index is 1.69. The van der Waals surface area contributed by atoms with E-state index in [-0.39, 0.29) is 5.91 Å². The normalized spacial score (nSPS) is 10.7. The highest BCUT2D eigenvalue weighted by molar-refractivity contribution is 7.03. The van der Waals surface area contributed by atoms with E-state index in [0.717, 1.165) is 27.8 Å². The molecule has 0 fully saturated rings. The van der Waals surface area contributed by atoms with E-state index in [2.05, 4.69) is 52.9 Å². The first kappa shape index (κ1) is 19.0. The summed E-state index contributed by atoms with van der Waals surface area (Å²) in [6, 6.07) is 26.7. The first-order valence-electron chi connectivity index (χ1n) is 9.46. The van der Waals surface area contributed by atoms with Crippen molar-refractivity contribution in [1.29, 1.82) is 0 Å². The van der Waals surface area contributed by atoms with Crippen molar-refractivity contribution < 1.29 is 4.79 Å². The lowest BCUT2D eigenvalue weighted by Crippen LogP contribution is -2.31. The summed E-state index contributed by atoms with van der Waals surface area (Å²) in [7, 11) is 0. The average Bonchev–Trinajstić information content (AvgIpc) is 3.30. The maximum absolute atomic E-state index is 13.2. The Morgan fingerprint density at radius 3 is 2.24 bits per heavy atom. The molecule has 1 aromatic heterocycles. The summed E-state index contributed by atoms with van der Waals surface area (Å²) >= 11 is 1.19.